The van der Waals surface area contributed by atoms with E-state index in [9.17, 15) is 9.59 Å². The fourth-order valence-electron chi connectivity index (χ4n) is 2.04. The van der Waals surface area contributed by atoms with E-state index < -0.39 is 11.9 Å². The minimum absolute atomic E-state index is 0.166. The number of hydrogen-bond donors (Lipinski definition) is 2. The van der Waals surface area contributed by atoms with Crippen molar-refractivity contribution in [3.05, 3.63) is 34.9 Å². The summed E-state index contributed by atoms with van der Waals surface area (Å²) in [6, 6.07) is 5.48. The maximum atomic E-state index is 12.0. The van der Waals surface area contributed by atoms with Crippen LogP contribution in [0, 0.1) is 25.7 Å². The van der Waals surface area contributed by atoms with Gasteiger partial charge in [0.25, 0.3) is 5.91 Å². The monoisotopic (exact) mass is 277 g/mol. The van der Waals surface area contributed by atoms with E-state index in [4.69, 9.17) is 5.11 Å². The number of carboxylic acids is 1. The fraction of sp³-hybridized carbons (Fsp3) is 0.500. The molecule has 0 bridgehead atoms. The van der Waals surface area contributed by atoms with Gasteiger partial charge in [-0.1, -0.05) is 19.9 Å². The number of hydrogen-bond acceptors (Lipinski definition) is 2. The van der Waals surface area contributed by atoms with E-state index in [0.29, 0.717) is 12.0 Å². The van der Waals surface area contributed by atoms with Crippen LogP contribution in [0.1, 0.15) is 41.8 Å². The Morgan fingerprint density at radius 2 is 1.85 bits per heavy atom. The Bertz CT molecular complexity index is 494. The average molecular weight is 277 g/mol. The number of amides is 1. The number of aryl methyl sites for hydroxylation is 2. The molecule has 0 aliphatic rings. The lowest BCUT2D eigenvalue weighted by atomic mass is 9.97. The Labute approximate surface area is 120 Å². The predicted octanol–water partition coefficient (Wildman–Crippen LogP) is 2.78. The molecule has 0 spiro atoms. The third-order valence-electron chi connectivity index (χ3n) is 3.38. The Morgan fingerprint density at radius 1 is 1.20 bits per heavy atom. The second kappa shape index (κ2) is 7.08. The van der Waals surface area contributed by atoms with Crippen molar-refractivity contribution in [2.24, 2.45) is 11.8 Å². The molecule has 20 heavy (non-hydrogen) atoms. The molecule has 0 heterocycles. The molecule has 1 aromatic rings. The van der Waals surface area contributed by atoms with E-state index in [1.165, 1.54) is 0 Å². The zero-order chi connectivity index (χ0) is 15.3. The highest BCUT2D eigenvalue weighted by molar-refractivity contribution is 5.94. The number of carbonyl (C=O) groups is 2. The number of benzene rings is 1. The average Bonchev–Trinajstić information content (AvgIpc) is 2.36. The molecular weight excluding hydrogens is 254 g/mol. The van der Waals surface area contributed by atoms with E-state index >= 15 is 0 Å². The third-order valence-corrected chi connectivity index (χ3v) is 3.38. The van der Waals surface area contributed by atoms with Gasteiger partial charge < -0.3 is 10.4 Å². The van der Waals surface area contributed by atoms with Gasteiger partial charge in [0, 0.05) is 12.1 Å². The van der Waals surface area contributed by atoms with Crippen LogP contribution in [0.5, 0.6) is 0 Å². The summed E-state index contributed by atoms with van der Waals surface area (Å²) in [6.07, 6.45) is 0.558. The molecule has 0 aromatic heterocycles. The topological polar surface area (TPSA) is 66.4 Å². The molecule has 2 N–H and O–H groups in total. The van der Waals surface area contributed by atoms with Crippen LogP contribution in [-0.4, -0.2) is 23.5 Å². The molecule has 1 aromatic carbocycles. The summed E-state index contributed by atoms with van der Waals surface area (Å²) in [6.45, 7) is 8.05. The molecule has 0 aliphatic heterocycles. The molecule has 0 radical (unpaired) electrons. The van der Waals surface area contributed by atoms with Crippen LogP contribution in [0.25, 0.3) is 0 Å². The molecule has 4 nitrogen and oxygen atoms in total. The zero-order valence-corrected chi connectivity index (χ0v) is 12.6. The lowest BCUT2D eigenvalue weighted by Crippen LogP contribution is -2.33. The second-order valence-corrected chi connectivity index (χ2v) is 5.67. The summed E-state index contributed by atoms with van der Waals surface area (Å²) in [7, 11) is 0. The minimum Gasteiger partial charge on any atom is -0.481 e. The molecule has 1 atom stereocenters. The van der Waals surface area contributed by atoms with Gasteiger partial charge in [-0.05, 0) is 49.4 Å². The number of carboxylic acid groups (broad SMARTS) is 1. The number of rotatable bonds is 6. The lowest BCUT2D eigenvalue weighted by molar-refractivity contribution is -0.142. The third kappa shape index (κ3) is 4.68. The van der Waals surface area contributed by atoms with Crippen molar-refractivity contribution in [2.75, 3.05) is 6.54 Å². The van der Waals surface area contributed by atoms with Gasteiger partial charge in [0.15, 0.2) is 0 Å². The quantitative estimate of drug-likeness (QED) is 0.840. The fourth-order valence-corrected chi connectivity index (χ4v) is 2.04. The van der Waals surface area contributed by atoms with E-state index in [0.717, 1.165) is 11.1 Å². The molecule has 0 saturated carbocycles. The smallest absolute Gasteiger partial charge is 0.308 e. The van der Waals surface area contributed by atoms with E-state index in [2.05, 4.69) is 5.32 Å². The Kier molecular flexibility index (Phi) is 5.74. The van der Waals surface area contributed by atoms with Gasteiger partial charge in [0.2, 0.25) is 0 Å². The predicted molar refractivity (Wildman–Crippen MR) is 78.8 cm³/mol. The highest BCUT2D eigenvalue weighted by Crippen LogP contribution is 2.12. The van der Waals surface area contributed by atoms with Gasteiger partial charge in [-0.15, -0.1) is 0 Å². The van der Waals surface area contributed by atoms with E-state index in [-0.39, 0.29) is 18.4 Å². The van der Waals surface area contributed by atoms with Gasteiger partial charge in [-0.2, -0.15) is 0 Å². The summed E-state index contributed by atoms with van der Waals surface area (Å²) in [5, 5.41) is 11.8. The van der Waals surface area contributed by atoms with Crippen LogP contribution in [-0.2, 0) is 4.79 Å². The maximum Gasteiger partial charge on any atom is 0.308 e. The molecular formula is C16H23NO3. The number of carbonyl (C=O) groups excluding carboxylic acids is 1. The number of aliphatic carboxylic acids is 1. The van der Waals surface area contributed by atoms with E-state index in [1.807, 2.05) is 39.8 Å². The van der Waals surface area contributed by atoms with Crippen molar-refractivity contribution in [2.45, 2.75) is 34.1 Å². The first-order valence-electron chi connectivity index (χ1n) is 6.89. The van der Waals surface area contributed by atoms with Crippen LogP contribution in [0.15, 0.2) is 18.2 Å². The summed E-state index contributed by atoms with van der Waals surface area (Å²) < 4.78 is 0. The van der Waals surface area contributed by atoms with Crippen LogP contribution in [0.3, 0.4) is 0 Å². The minimum atomic E-state index is -0.862. The summed E-state index contributed by atoms with van der Waals surface area (Å²) in [5.74, 6) is -1.33. The van der Waals surface area contributed by atoms with Crippen molar-refractivity contribution < 1.29 is 14.7 Å². The van der Waals surface area contributed by atoms with Crippen LogP contribution in [0.4, 0.5) is 0 Å². The Morgan fingerprint density at radius 3 is 2.35 bits per heavy atom. The highest BCUT2D eigenvalue weighted by atomic mass is 16.4. The molecule has 0 aliphatic carbocycles. The van der Waals surface area contributed by atoms with Gasteiger partial charge in [-0.3, -0.25) is 9.59 Å². The van der Waals surface area contributed by atoms with Crippen molar-refractivity contribution in [1.29, 1.82) is 0 Å². The molecule has 110 valence electrons. The first-order valence-corrected chi connectivity index (χ1v) is 6.89. The summed E-state index contributed by atoms with van der Waals surface area (Å²) >= 11 is 0. The van der Waals surface area contributed by atoms with Gasteiger partial charge >= 0.3 is 5.97 Å². The molecule has 4 heteroatoms. The molecule has 0 saturated heterocycles. The van der Waals surface area contributed by atoms with Crippen LogP contribution < -0.4 is 5.32 Å². The Hall–Kier alpha value is -1.84. The van der Waals surface area contributed by atoms with Crippen molar-refractivity contribution >= 4 is 11.9 Å². The molecule has 1 unspecified atom stereocenters. The van der Waals surface area contributed by atoms with Crippen molar-refractivity contribution in [3.63, 3.8) is 0 Å². The van der Waals surface area contributed by atoms with Gasteiger partial charge in [0.1, 0.15) is 0 Å². The SMILES string of the molecule is Cc1ccc(C(=O)NCC(CC(C)C)C(=O)O)cc1C. The number of nitrogens with one attached hydrogen (secondary N) is 1. The van der Waals surface area contributed by atoms with Crippen LogP contribution in [0.2, 0.25) is 0 Å². The molecule has 1 amide bonds. The first kappa shape index (κ1) is 16.2. The lowest BCUT2D eigenvalue weighted by Gasteiger charge is -2.15. The second-order valence-electron chi connectivity index (χ2n) is 5.67. The largest absolute Gasteiger partial charge is 0.481 e. The maximum absolute atomic E-state index is 12.0. The standard InChI is InChI=1S/C16H23NO3/c1-10(2)7-14(16(19)20)9-17-15(18)13-6-5-11(3)12(4)8-13/h5-6,8,10,14H,7,9H2,1-4H3,(H,17,18)(H,19,20). The summed E-state index contributed by atoms with van der Waals surface area (Å²) in [4.78, 5) is 23.1. The van der Waals surface area contributed by atoms with Crippen molar-refractivity contribution in [3.8, 4) is 0 Å². The first-order chi connectivity index (χ1) is 9.31. The normalized spacial score (nSPS) is 12.2. The van der Waals surface area contributed by atoms with E-state index in [1.54, 1.807) is 6.07 Å². The highest BCUT2D eigenvalue weighted by Gasteiger charge is 2.20. The zero-order valence-electron chi connectivity index (χ0n) is 12.6. The molecule has 0 fully saturated rings. The Balaban J connectivity index is 2.65. The summed E-state index contributed by atoms with van der Waals surface area (Å²) in [5.41, 5.74) is 2.75. The van der Waals surface area contributed by atoms with Gasteiger partial charge in [0.05, 0.1) is 5.92 Å². The molecule has 1 rings (SSSR count). The van der Waals surface area contributed by atoms with Gasteiger partial charge in [-0.25, -0.2) is 0 Å². The van der Waals surface area contributed by atoms with Crippen molar-refractivity contribution in [1.82, 2.24) is 5.32 Å². The van der Waals surface area contributed by atoms with Crippen LogP contribution >= 0.6 is 0 Å².